The van der Waals surface area contributed by atoms with E-state index in [-0.39, 0.29) is 18.5 Å². The molecule has 6 heteroatoms. The topological polar surface area (TPSA) is 95.9 Å². The first-order valence-electron chi connectivity index (χ1n) is 38.1. The number of rotatable bonds is 71. The number of aliphatic hydroxyl groups is 2. The molecule has 2 unspecified atom stereocenters. The molecule has 0 aromatic carbocycles. The van der Waals surface area contributed by atoms with Gasteiger partial charge in [0.1, 0.15) is 0 Å². The average Bonchev–Trinajstić information content (AvgIpc) is 3.51. The quantitative estimate of drug-likeness (QED) is 0.0320. The Morgan fingerprint density at radius 1 is 0.329 bits per heavy atom. The third-order valence-corrected chi connectivity index (χ3v) is 17.5. The zero-order chi connectivity index (χ0) is 61.3. The van der Waals surface area contributed by atoms with Crippen molar-refractivity contribution >= 4 is 11.9 Å². The molecule has 0 aromatic heterocycles. The Bertz CT molecular complexity index is 1470. The second kappa shape index (κ2) is 74.0. The van der Waals surface area contributed by atoms with Crippen molar-refractivity contribution in [3.8, 4) is 0 Å². The second-order valence-electron chi connectivity index (χ2n) is 26.0. The smallest absolute Gasteiger partial charge is 0.305 e. The Morgan fingerprint density at radius 2 is 0.588 bits per heavy atom. The monoisotopic (exact) mass is 1190 g/mol. The molecule has 0 aliphatic carbocycles. The summed E-state index contributed by atoms with van der Waals surface area (Å²) < 4.78 is 5.49. The van der Waals surface area contributed by atoms with Crippen molar-refractivity contribution in [2.24, 2.45) is 0 Å². The Hall–Kier alpha value is -2.44. The predicted octanol–water partition coefficient (Wildman–Crippen LogP) is 25.0. The number of hydrogen-bond acceptors (Lipinski definition) is 5. The van der Waals surface area contributed by atoms with Crippen LogP contribution >= 0.6 is 0 Å². The zero-order valence-electron chi connectivity index (χ0n) is 57.1. The van der Waals surface area contributed by atoms with Crippen LogP contribution in [0.2, 0.25) is 0 Å². The van der Waals surface area contributed by atoms with E-state index in [1.54, 1.807) is 6.08 Å². The highest BCUT2D eigenvalue weighted by molar-refractivity contribution is 5.76. The first kappa shape index (κ1) is 82.6. The van der Waals surface area contributed by atoms with E-state index in [0.717, 1.165) is 57.8 Å². The summed E-state index contributed by atoms with van der Waals surface area (Å²) in [6.45, 7) is 4.91. The number of carbonyl (C=O) groups excluding carboxylic acids is 2. The molecule has 0 rings (SSSR count). The van der Waals surface area contributed by atoms with E-state index >= 15 is 0 Å². The number of nitrogens with one attached hydrogen (secondary N) is 1. The molecule has 0 fully saturated rings. The van der Waals surface area contributed by atoms with E-state index in [1.807, 2.05) is 6.08 Å². The molecule has 0 bridgehead atoms. The standard InChI is InChI=1S/C79H147NO5/c1-3-5-7-9-11-13-15-17-19-21-22-23-24-28-31-34-37-40-43-47-51-55-59-63-67-71-77(82)76(75-81)80-78(83)72-68-64-60-56-52-48-44-41-38-35-32-29-26-25-27-30-33-36-39-42-46-50-54-58-62-66-70-74-85-79(84)73-69-65-61-57-53-49-45-20-18-16-14-12-10-8-6-4-2/h14,16,20,25-26,30,33,45,67,71,76-77,81-82H,3-13,15,17-19,21-24,27-29,31-32,34-44,46-66,68-70,72-75H2,1-2H3,(H,80,83)/b16-14-,26-25-,33-30-,45-20-,71-67+. The normalized spacial score (nSPS) is 12.8. The minimum Gasteiger partial charge on any atom is -0.466 e. The third-order valence-electron chi connectivity index (χ3n) is 17.5. The zero-order valence-corrected chi connectivity index (χ0v) is 57.1. The molecule has 85 heavy (non-hydrogen) atoms. The van der Waals surface area contributed by atoms with Gasteiger partial charge in [0, 0.05) is 12.8 Å². The number of amides is 1. The number of aliphatic hydroxyl groups excluding tert-OH is 2. The number of allylic oxidation sites excluding steroid dienone is 9. The molecule has 6 nitrogen and oxygen atoms in total. The number of unbranched alkanes of at least 4 members (excludes halogenated alkanes) is 52. The summed E-state index contributed by atoms with van der Waals surface area (Å²) in [5.74, 6) is -0.0707. The lowest BCUT2D eigenvalue weighted by molar-refractivity contribution is -0.143. The van der Waals surface area contributed by atoms with Gasteiger partial charge in [0.05, 0.1) is 25.4 Å². The van der Waals surface area contributed by atoms with Crippen molar-refractivity contribution in [1.82, 2.24) is 5.32 Å². The van der Waals surface area contributed by atoms with Gasteiger partial charge < -0.3 is 20.3 Å². The molecule has 2 atom stereocenters. The molecule has 3 N–H and O–H groups in total. The van der Waals surface area contributed by atoms with Gasteiger partial charge in [-0.15, -0.1) is 0 Å². The fourth-order valence-corrected chi connectivity index (χ4v) is 11.7. The van der Waals surface area contributed by atoms with Crippen LogP contribution in [0.4, 0.5) is 0 Å². The van der Waals surface area contributed by atoms with Crippen molar-refractivity contribution in [2.45, 2.75) is 418 Å². The van der Waals surface area contributed by atoms with E-state index in [1.165, 1.54) is 321 Å². The first-order valence-corrected chi connectivity index (χ1v) is 38.1. The largest absolute Gasteiger partial charge is 0.466 e. The maximum absolute atomic E-state index is 12.5. The highest BCUT2D eigenvalue weighted by Gasteiger charge is 2.18. The molecule has 0 saturated heterocycles. The van der Waals surface area contributed by atoms with Gasteiger partial charge in [0.15, 0.2) is 0 Å². The summed E-state index contributed by atoms with van der Waals surface area (Å²) in [7, 11) is 0. The van der Waals surface area contributed by atoms with Crippen LogP contribution in [0.1, 0.15) is 406 Å². The summed E-state index contributed by atoms with van der Waals surface area (Å²) in [6.07, 6.45) is 98.9. The molecular formula is C79H147NO5. The fraction of sp³-hybridized carbons (Fsp3) is 0.848. The number of ether oxygens (including phenoxy) is 1. The van der Waals surface area contributed by atoms with Crippen LogP contribution in [0.15, 0.2) is 60.8 Å². The SMILES string of the molecule is CCCCCC/C=C\C/C=C\CCCCCCCC(=O)OCCCCCCCCCCC/C=C\C/C=C\CCCCCCCCCCCCCC(=O)NC(CO)C(O)/C=C/CCCCCCCCCCCCCCCCCCCCCCCCC. The van der Waals surface area contributed by atoms with Gasteiger partial charge in [-0.2, -0.15) is 0 Å². The highest BCUT2D eigenvalue weighted by Crippen LogP contribution is 2.18. The second-order valence-corrected chi connectivity index (χ2v) is 26.0. The van der Waals surface area contributed by atoms with Gasteiger partial charge in [-0.25, -0.2) is 0 Å². The number of esters is 1. The van der Waals surface area contributed by atoms with Gasteiger partial charge in [-0.05, 0) is 96.3 Å². The van der Waals surface area contributed by atoms with Crippen LogP contribution in [-0.4, -0.2) is 47.4 Å². The molecule has 0 spiro atoms. The maximum Gasteiger partial charge on any atom is 0.305 e. The van der Waals surface area contributed by atoms with Gasteiger partial charge in [-0.3, -0.25) is 9.59 Å². The van der Waals surface area contributed by atoms with Crippen LogP contribution in [0.25, 0.3) is 0 Å². The van der Waals surface area contributed by atoms with E-state index < -0.39 is 12.1 Å². The average molecular weight is 1190 g/mol. The van der Waals surface area contributed by atoms with E-state index in [2.05, 4.69) is 67.8 Å². The Balaban J connectivity index is 3.45. The minimum atomic E-state index is -0.850. The predicted molar refractivity (Wildman–Crippen MR) is 375 cm³/mol. The fourth-order valence-electron chi connectivity index (χ4n) is 11.7. The summed E-state index contributed by atoms with van der Waals surface area (Å²) >= 11 is 0. The molecule has 0 radical (unpaired) electrons. The molecule has 498 valence electrons. The Morgan fingerprint density at radius 3 is 0.906 bits per heavy atom. The summed E-state index contributed by atoms with van der Waals surface area (Å²) in [6, 6.07) is -0.633. The molecule has 0 aliphatic rings. The molecule has 0 aromatic rings. The van der Waals surface area contributed by atoms with Crippen LogP contribution in [0, 0.1) is 0 Å². The Labute approximate surface area is 530 Å². The summed E-state index contributed by atoms with van der Waals surface area (Å²) in [5.41, 5.74) is 0. The Kier molecular flexibility index (Phi) is 71.9. The minimum absolute atomic E-state index is 0.00307. The third kappa shape index (κ3) is 70.5. The van der Waals surface area contributed by atoms with Crippen molar-refractivity contribution in [3.05, 3.63) is 60.8 Å². The van der Waals surface area contributed by atoms with Crippen LogP contribution in [0.3, 0.4) is 0 Å². The van der Waals surface area contributed by atoms with E-state index in [9.17, 15) is 19.8 Å². The first-order chi connectivity index (χ1) is 42.0. The maximum atomic E-state index is 12.5. The highest BCUT2D eigenvalue weighted by atomic mass is 16.5. The lowest BCUT2D eigenvalue weighted by Crippen LogP contribution is -2.45. The lowest BCUT2D eigenvalue weighted by atomic mass is 10.0. The van der Waals surface area contributed by atoms with Crippen molar-refractivity contribution in [3.63, 3.8) is 0 Å². The van der Waals surface area contributed by atoms with Crippen molar-refractivity contribution < 1.29 is 24.5 Å². The summed E-state index contributed by atoms with van der Waals surface area (Å²) in [5, 5.41) is 23.3. The lowest BCUT2D eigenvalue weighted by Gasteiger charge is -2.20. The molecular weight excluding hydrogens is 1040 g/mol. The van der Waals surface area contributed by atoms with Gasteiger partial charge in [0.2, 0.25) is 5.91 Å². The number of carbonyl (C=O) groups is 2. The van der Waals surface area contributed by atoms with Gasteiger partial charge in [0.25, 0.3) is 0 Å². The molecule has 0 heterocycles. The van der Waals surface area contributed by atoms with Crippen molar-refractivity contribution in [2.75, 3.05) is 13.2 Å². The number of hydrogen-bond donors (Lipinski definition) is 3. The van der Waals surface area contributed by atoms with Crippen LogP contribution in [0.5, 0.6) is 0 Å². The van der Waals surface area contributed by atoms with Gasteiger partial charge in [-0.1, -0.05) is 357 Å². The van der Waals surface area contributed by atoms with Crippen molar-refractivity contribution in [1.29, 1.82) is 0 Å². The van der Waals surface area contributed by atoms with Gasteiger partial charge >= 0.3 is 5.97 Å². The van der Waals surface area contributed by atoms with Crippen LogP contribution < -0.4 is 5.32 Å². The van der Waals surface area contributed by atoms with Crippen LogP contribution in [-0.2, 0) is 14.3 Å². The molecule has 0 saturated carbocycles. The summed E-state index contributed by atoms with van der Waals surface area (Å²) in [4.78, 5) is 24.6. The van der Waals surface area contributed by atoms with E-state index in [4.69, 9.17) is 4.74 Å². The molecule has 1 amide bonds. The van der Waals surface area contributed by atoms with E-state index in [0.29, 0.717) is 19.4 Å². The molecule has 0 aliphatic heterocycles.